The fourth-order valence-electron chi connectivity index (χ4n) is 7.51. The Hall–Kier alpha value is -4.67. The maximum atomic E-state index is 14.4. The number of allylic oxidation sites excluding steroid dienone is 1. The van der Waals surface area contributed by atoms with Crippen molar-refractivity contribution in [2.45, 2.75) is 106 Å². The second-order valence-electron chi connectivity index (χ2n) is 15.2. The van der Waals surface area contributed by atoms with Crippen LogP contribution in [0.1, 0.15) is 75.8 Å². The highest BCUT2D eigenvalue weighted by molar-refractivity contribution is 7.91. The summed E-state index contributed by atoms with van der Waals surface area (Å²) >= 11 is 0. The summed E-state index contributed by atoms with van der Waals surface area (Å²) in [5.74, 6) is -8.01. The molecule has 0 bridgehead atoms. The first-order chi connectivity index (χ1) is 25.6. The predicted octanol–water partition coefficient (Wildman–Crippen LogP) is 4.54. The number of sulfonamides is 1. The molecule has 54 heavy (non-hydrogen) atoms. The van der Waals surface area contributed by atoms with Crippen molar-refractivity contribution in [2.24, 2.45) is 5.92 Å². The van der Waals surface area contributed by atoms with Gasteiger partial charge in [-0.15, -0.1) is 0 Å². The molecule has 2 saturated carbocycles. The molecule has 0 aromatic heterocycles. The predicted molar refractivity (Wildman–Crippen MR) is 186 cm³/mol. The highest BCUT2D eigenvalue weighted by Crippen LogP contribution is 2.47. The summed E-state index contributed by atoms with van der Waals surface area (Å²) in [7, 11) is -4.07. The normalized spacial score (nSPS) is 28.4. The fraction of sp³-hybridized carbons (Fsp3) is 0.514. The van der Waals surface area contributed by atoms with E-state index in [1.807, 2.05) is 6.08 Å². The van der Waals surface area contributed by atoms with Crippen LogP contribution >= 0.6 is 0 Å². The van der Waals surface area contributed by atoms with Gasteiger partial charge in [0.25, 0.3) is 5.91 Å². The molecule has 12 nitrogen and oxygen atoms in total. The number of fused-ring (bicyclic) bond motifs is 3. The van der Waals surface area contributed by atoms with Gasteiger partial charge < -0.3 is 20.3 Å². The zero-order valence-electron chi connectivity index (χ0n) is 29.5. The number of nitrogens with one attached hydrogen (secondary N) is 3. The Morgan fingerprint density at radius 3 is 2.44 bits per heavy atom. The lowest BCUT2D eigenvalue weighted by Crippen LogP contribution is -2.58. The first-order valence-corrected chi connectivity index (χ1v) is 19.6. The molecule has 0 spiro atoms. The van der Waals surface area contributed by atoms with Crippen molar-refractivity contribution in [1.82, 2.24) is 19.8 Å². The highest BCUT2D eigenvalue weighted by atomic mass is 32.2. The largest absolute Gasteiger partial charge is 0.444 e. The molecular formula is C37H41F4N5O7S. The van der Waals surface area contributed by atoms with E-state index < -0.39 is 91.5 Å². The highest BCUT2D eigenvalue weighted by Gasteiger charge is 2.63. The van der Waals surface area contributed by atoms with Gasteiger partial charge in [0.2, 0.25) is 21.8 Å². The lowest BCUT2D eigenvalue weighted by Gasteiger charge is -2.30. The van der Waals surface area contributed by atoms with E-state index in [2.05, 4.69) is 15.4 Å². The van der Waals surface area contributed by atoms with Crippen LogP contribution in [0.4, 0.5) is 28.0 Å². The number of anilines is 1. The smallest absolute Gasteiger partial charge is 0.410 e. The number of rotatable bonds is 6. The average Bonchev–Trinajstić information content (AvgIpc) is 3.91. The summed E-state index contributed by atoms with van der Waals surface area (Å²) in [6, 6.07) is 3.45. The topological polar surface area (TPSA) is 154 Å². The van der Waals surface area contributed by atoms with Crippen molar-refractivity contribution in [2.75, 3.05) is 11.9 Å². The van der Waals surface area contributed by atoms with Crippen LogP contribution in [0.3, 0.4) is 0 Å². The Morgan fingerprint density at radius 1 is 1.00 bits per heavy atom. The minimum atomic E-state index is -4.07. The van der Waals surface area contributed by atoms with Gasteiger partial charge in [0.1, 0.15) is 29.5 Å². The van der Waals surface area contributed by atoms with E-state index in [4.69, 9.17) is 4.74 Å². The number of nitrogens with zero attached hydrogens (tertiary/aromatic N) is 2. The molecule has 2 aromatic carbocycles. The summed E-state index contributed by atoms with van der Waals surface area (Å²) in [5.41, 5.74) is -0.893. The van der Waals surface area contributed by atoms with Gasteiger partial charge in [-0.3, -0.25) is 24.0 Å². The standard InChI is InChI=1S/C37H41F4N5O7S/c1-36(12-13-36)54(51,52)44-34(49)37-17-22(37)9-5-3-2-4-6-11-29(42-23-14-27(39)31(41)28(40)15-23)33(48)46-19-24(16-30(46)32(47)43-37)53-35(50)45-18-21-8-7-10-26(38)25(21)20-45/h5,7-10,14-15,22,24,29-30,42H,2-4,6,11-13,16-20H2,1H3,(H,43,47)(H,44,49)/b9-5-/t22-,24-,29+,30+,37-/m1/s1. The van der Waals surface area contributed by atoms with Crippen molar-refractivity contribution >= 4 is 39.5 Å². The van der Waals surface area contributed by atoms with Crippen molar-refractivity contribution in [3.63, 3.8) is 0 Å². The molecule has 3 N–H and O–H groups in total. The fourth-order valence-corrected chi connectivity index (χ4v) is 8.83. The molecule has 290 valence electrons. The third-order valence-corrected chi connectivity index (χ3v) is 13.4. The third-order valence-electron chi connectivity index (χ3n) is 11.3. The van der Waals surface area contributed by atoms with Gasteiger partial charge in [0.05, 0.1) is 17.8 Å². The van der Waals surface area contributed by atoms with E-state index in [0.29, 0.717) is 61.8 Å². The monoisotopic (exact) mass is 775 g/mol. The van der Waals surface area contributed by atoms with Crippen molar-refractivity contribution in [1.29, 1.82) is 0 Å². The summed E-state index contributed by atoms with van der Waals surface area (Å²) in [6.45, 7) is 1.28. The van der Waals surface area contributed by atoms with Gasteiger partial charge in [-0.25, -0.2) is 30.8 Å². The Labute approximate surface area is 309 Å². The molecule has 3 heterocycles. The summed E-state index contributed by atoms with van der Waals surface area (Å²) in [6.07, 6.45) is 4.96. The maximum Gasteiger partial charge on any atom is 0.410 e. The lowest BCUT2D eigenvalue weighted by atomic mass is 10.0. The Balaban J connectivity index is 1.16. The van der Waals surface area contributed by atoms with Crippen molar-refractivity contribution in [3.8, 4) is 0 Å². The Kier molecular flexibility index (Phi) is 9.89. The maximum absolute atomic E-state index is 14.4. The van der Waals surface area contributed by atoms with Gasteiger partial charge in [0, 0.05) is 42.3 Å². The van der Waals surface area contributed by atoms with E-state index in [0.717, 1.165) is 0 Å². The lowest BCUT2D eigenvalue weighted by molar-refractivity contribution is -0.140. The van der Waals surface area contributed by atoms with Gasteiger partial charge in [-0.2, -0.15) is 0 Å². The summed E-state index contributed by atoms with van der Waals surface area (Å²) in [4.78, 5) is 58.2. The number of carbonyl (C=O) groups is 4. The number of carbonyl (C=O) groups excluding carboxylic acids is 4. The molecule has 5 aliphatic rings. The van der Waals surface area contributed by atoms with Gasteiger partial charge in [-0.1, -0.05) is 37.1 Å². The zero-order valence-corrected chi connectivity index (χ0v) is 30.3. The minimum Gasteiger partial charge on any atom is -0.444 e. The summed E-state index contributed by atoms with van der Waals surface area (Å²) in [5, 5.41) is 5.54. The molecule has 7 rings (SSSR count). The molecule has 2 aliphatic carbocycles. The zero-order chi connectivity index (χ0) is 38.6. The molecule has 1 saturated heterocycles. The Morgan fingerprint density at radius 2 is 1.74 bits per heavy atom. The third kappa shape index (κ3) is 7.26. The van der Waals surface area contributed by atoms with Crippen molar-refractivity contribution in [3.05, 3.63) is 76.9 Å². The molecule has 17 heteroatoms. The first kappa shape index (κ1) is 37.6. The van der Waals surface area contributed by atoms with Crippen LogP contribution < -0.4 is 15.4 Å². The first-order valence-electron chi connectivity index (χ1n) is 18.1. The quantitative estimate of drug-likeness (QED) is 0.220. The molecule has 0 unspecified atom stereocenters. The molecule has 0 radical (unpaired) electrons. The van der Waals surface area contributed by atoms with E-state index in [1.54, 1.807) is 12.1 Å². The SMILES string of the molecule is CC1(S(=O)(=O)NC(=O)[C@@]23C[C@H]2/C=C\CCCCC[C@H](Nc2cc(F)c(F)c(F)c2)C(=O)N2C[C@H](OC(=O)N4Cc5cccc(F)c5C4)C[C@H]2C(=O)N3)CC1. The second-order valence-corrected chi connectivity index (χ2v) is 17.4. The number of hydrogen-bond acceptors (Lipinski definition) is 8. The van der Waals surface area contributed by atoms with Gasteiger partial charge in [-0.05, 0) is 57.1 Å². The van der Waals surface area contributed by atoms with E-state index in [-0.39, 0.29) is 44.6 Å². The number of hydrogen-bond donors (Lipinski definition) is 3. The van der Waals surface area contributed by atoms with Crippen LogP contribution in [0, 0.1) is 29.2 Å². The van der Waals surface area contributed by atoms with Crippen LogP contribution in [0.5, 0.6) is 0 Å². The molecular weight excluding hydrogens is 734 g/mol. The second kappa shape index (κ2) is 14.2. The van der Waals surface area contributed by atoms with E-state index in [9.17, 15) is 45.2 Å². The number of halogens is 4. The number of amides is 4. The van der Waals surface area contributed by atoms with Crippen LogP contribution in [0.15, 0.2) is 42.5 Å². The Bertz CT molecular complexity index is 2010. The van der Waals surface area contributed by atoms with Gasteiger partial charge in [0.15, 0.2) is 17.5 Å². The van der Waals surface area contributed by atoms with Crippen LogP contribution in [0.2, 0.25) is 0 Å². The van der Waals surface area contributed by atoms with Gasteiger partial charge >= 0.3 is 6.09 Å². The molecule has 2 aromatic rings. The average molecular weight is 776 g/mol. The van der Waals surface area contributed by atoms with Crippen LogP contribution in [0.25, 0.3) is 0 Å². The number of benzene rings is 2. The van der Waals surface area contributed by atoms with E-state index >= 15 is 0 Å². The molecule has 3 aliphatic heterocycles. The summed E-state index contributed by atoms with van der Waals surface area (Å²) < 4.78 is 89.6. The van der Waals surface area contributed by atoms with E-state index in [1.165, 1.54) is 28.9 Å². The van der Waals surface area contributed by atoms with Crippen LogP contribution in [-0.4, -0.2) is 77.1 Å². The minimum absolute atomic E-state index is 0.0502. The molecule has 3 fully saturated rings. The van der Waals surface area contributed by atoms with Crippen molar-refractivity contribution < 1.29 is 49.9 Å². The number of ether oxygens (including phenoxy) is 1. The molecule has 4 amide bonds. The molecule has 5 atom stereocenters. The van der Waals surface area contributed by atoms with Crippen LogP contribution in [-0.2, 0) is 42.2 Å².